The molecule has 0 bridgehead atoms. The summed E-state index contributed by atoms with van der Waals surface area (Å²) in [5.74, 6) is 0. The number of hydrogen-bond acceptors (Lipinski definition) is 4. The normalized spacial score (nSPS) is 10.9. The van der Waals surface area contributed by atoms with Crippen LogP contribution in [0.1, 0.15) is 0 Å². The predicted molar refractivity (Wildman–Crippen MR) is 71.9 cm³/mol. The summed E-state index contributed by atoms with van der Waals surface area (Å²) < 4.78 is 2.08. The standard InChI is InChI=1S/C10H6BrN5OS/c11-6-7(5-3-1-2-4-12-5)15-16-8(6)13-9(18)14-10(16)17/h1-4,15H,(H,14,17,18). The lowest BCUT2D eigenvalue weighted by molar-refractivity contribution is 0.835. The predicted octanol–water partition coefficient (Wildman–Crippen LogP) is 1.90. The van der Waals surface area contributed by atoms with E-state index < -0.39 is 0 Å². The third kappa shape index (κ3) is 1.70. The maximum atomic E-state index is 11.7. The van der Waals surface area contributed by atoms with Gasteiger partial charge in [0, 0.05) is 6.20 Å². The minimum Gasteiger partial charge on any atom is -0.285 e. The Morgan fingerprint density at radius 1 is 1.39 bits per heavy atom. The van der Waals surface area contributed by atoms with Crippen LogP contribution >= 0.6 is 28.1 Å². The highest BCUT2D eigenvalue weighted by Crippen LogP contribution is 2.27. The SMILES string of the molecule is O=c1[nH]c(=S)nc2c(Br)c(-c3ccccn3)[nH]n12. The van der Waals surface area contributed by atoms with Crippen molar-refractivity contribution in [1.82, 2.24) is 24.6 Å². The summed E-state index contributed by atoms with van der Waals surface area (Å²) >= 11 is 8.29. The molecule has 0 radical (unpaired) electrons. The molecule has 2 N–H and O–H groups in total. The number of rotatable bonds is 1. The number of aromatic nitrogens is 5. The highest BCUT2D eigenvalue weighted by Gasteiger charge is 2.14. The first kappa shape index (κ1) is 11.3. The number of H-pyrrole nitrogens is 2. The van der Waals surface area contributed by atoms with Crippen molar-refractivity contribution in [3.05, 3.63) is 44.1 Å². The van der Waals surface area contributed by atoms with Gasteiger partial charge in [-0.15, -0.1) is 0 Å². The van der Waals surface area contributed by atoms with Crippen LogP contribution in [0.3, 0.4) is 0 Å². The van der Waals surface area contributed by atoms with Gasteiger partial charge in [-0.25, -0.2) is 4.79 Å². The highest BCUT2D eigenvalue weighted by molar-refractivity contribution is 9.10. The molecule has 3 heterocycles. The lowest BCUT2D eigenvalue weighted by Crippen LogP contribution is -2.18. The number of halogens is 1. The Kier molecular flexibility index (Phi) is 2.60. The Morgan fingerprint density at radius 2 is 2.22 bits per heavy atom. The minimum atomic E-state index is -0.368. The summed E-state index contributed by atoms with van der Waals surface area (Å²) in [6.45, 7) is 0. The van der Waals surface area contributed by atoms with Crippen LogP contribution in [0, 0.1) is 4.77 Å². The second-order valence-corrected chi connectivity index (χ2v) is 4.70. The third-order valence-corrected chi connectivity index (χ3v) is 3.34. The van der Waals surface area contributed by atoms with Crippen LogP contribution in [0.25, 0.3) is 17.0 Å². The average Bonchev–Trinajstić information content (AvgIpc) is 2.69. The Morgan fingerprint density at radius 3 is 2.94 bits per heavy atom. The number of nitrogens with one attached hydrogen (secondary N) is 2. The number of hydrogen-bond donors (Lipinski definition) is 2. The second kappa shape index (κ2) is 4.14. The maximum Gasteiger partial charge on any atom is 0.348 e. The van der Waals surface area contributed by atoms with Crippen LogP contribution in [-0.2, 0) is 0 Å². The van der Waals surface area contributed by atoms with E-state index in [1.54, 1.807) is 6.20 Å². The minimum absolute atomic E-state index is 0.146. The van der Waals surface area contributed by atoms with Gasteiger partial charge in [0.2, 0.25) is 4.77 Å². The molecule has 0 amide bonds. The first-order chi connectivity index (χ1) is 8.66. The summed E-state index contributed by atoms with van der Waals surface area (Å²) in [6.07, 6.45) is 1.67. The Bertz CT molecular complexity index is 835. The lowest BCUT2D eigenvalue weighted by atomic mass is 10.3. The van der Waals surface area contributed by atoms with Gasteiger partial charge in [-0.3, -0.25) is 15.1 Å². The highest BCUT2D eigenvalue weighted by atomic mass is 79.9. The number of pyridine rings is 1. The first-order valence-electron chi connectivity index (χ1n) is 4.99. The van der Waals surface area contributed by atoms with Crippen LogP contribution in [0.5, 0.6) is 0 Å². The zero-order chi connectivity index (χ0) is 12.7. The van der Waals surface area contributed by atoms with Crippen molar-refractivity contribution in [2.75, 3.05) is 0 Å². The van der Waals surface area contributed by atoms with Crippen LogP contribution in [0.15, 0.2) is 33.7 Å². The zero-order valence-corrected chi connectivity index (χ0v) is 11.2. The molecule has 0 aliphatic carbocycles. The molecule has 3 aromatic heterocycles. The molecule has 0 saturated heterocycles. The van der Waals surface area contributed by atoms with Gasteiger partial charge in [-0.05, 0) is 40.3 Å². The van der Waals surface area contributed by atoms with Crippen molar-refractivity contribution in [3.8, 4) is 11.4 Å². The number of nitrogens with zero attached hydrogens (tertiary/aromatic N) is 3. The molecule has 6 nitrogen and oxygen atoms in total. The number of fused-ring (bicyclic) bond motifs is 1. The van der Waals surface area contributed by atoms with Gasteiger partial charge in [0.1, 0.15) is 0 Å². The molecule has 0 spiro atoms. The Balaban J connectivity index is 2.40. The summed E-state index contributed by atoms with van der Waals surface area (Å²) in [4.78, 5) is 22.5. The third-order valence-electron chi connectivity index (χ3n) is 2.40. The average molecular weight is 324 g/mol. The van der Waals surface area contributed by atoms with Gasteiger partial charge < -0.3 is 0 Å². The second-order valence-electron chi connectivity index (χ2n) is 3.52. The zero-order valence-electron chi connectivity index (χ0n) is 8.85. The fourth-order valence-corrected chi connectivity index (χ4v) is 2.35. The van der Waals surface area contributed by atoms with Crippen molar-refractivity contribution in [2.45, 2.75) is 0 Å². The van der Waals surface area contributed by atoms with Crippen LogP contribution in [0.4, 0.5) is 0 Å². The van der Waals surface area contributed by atoms with Crippen LogP contribution in [0.2, 0.25) is 0 Å². The summed E-state index contributed by atoms with van der Waals surface area (Å²) in [5.41, 5.74) is 1.45. The van der Waals surface area contributed by atoms with Gasteiger partial charge in [-0.1, -0.05) is 6.07 Å². The fourth-order valence-electron chi connectivity index (χ4n) is 1.62. The molecule has 90 valence electrons. The molecule has 0 unspecified atom stereocenters. The quantitative estimate of drug-likeness (QED) is 0.670. The molecule has 3 rings (SSSR count). The smallest absolute Gasteiger partial charge is 0.285 e. The topological polar surface area (TPSA) is 78.8 Å². The lowest BCUT2D eigenvalue weighted by Gasteiger charge is -1.95. The maximum absolute atomic E-state index is 11.7. The first-order valence-corrected chi connectivity index (χ1v) is 6.19. The van der Waals surface area contributed by atoms with Gasteiger partial charge in [0.05, 0.1) is 15.9 Å². The van der Waals surface area contributed by atoms with Gasteiger partial charge >= 0.3 is 5.69 Å². The monoisotopic (exact) mass is 323 g/mol. The van der Waals surface area contributed by atoms with Gasteiger partial charge in [0.25, 0.3) is 0 Å². The summed E-state index contributed by atoms with van der Waals surface area (Å²) in [5, 5.41) is 2.93. The van der Waals surface area contributed by atoms with E-state index in [1.807, 2.05) is 18.2 Å². The molecule has 0 fully saturated rings. The molecule has 0 aliphatic heterocycles. The summed E-state index contributed by atoms with van der Waals surface area (Å²) in [6, 6.07) is 5.51. The van der Waals surface area contributed by atoms with Crippen LogP contribution < -0.4 is 5.69 Å². The molecule has 0 saturated carbocycles. The van der Waals surface area contributed by atoms with Crippen molar-refractivity contribution in [3.63, 3.8) is 0 Å². The van der Waals surface area contributed by atoms with E-state index in [0.717, 1.165) is 0 Å². The molecule has 0 atom stereocenters. The van der Waals surface area contributed by atoms with E-state index in [0.29, 0.717) is 21.5 Å². The Labute approximate surface area is 114 Å². The van der Waals surface area contributed by atoms with E-state index in [2.05, 4.69) is 36.0 Å². The van der Waals surface area contributed by atoms with E-state index in [-0.39, 0.29) is 10.5 Å². The number of aromatic amines is 2. The van der Waals surface area contributed by atoms with Crippen molar-refractivity contribution >= 4 is 33.8 Å². The van der Waals surface area contributed by atoms with E-state index in [1.165, 1.54) is 4.52 Å². The molecule has 18 heavy (non-hydrogen) atoms. The van der Waals surface area contributed by atoms with Crippen molar-refractivity contribution < 1.29 is 0 Å². The molecule has 0 aliphatic rings. The van der Waals surface area contributed by atoms with Gasteiger partial charge in [-0.2, -0.15) is 9.50 Å². The molecule has 0 aromatic carbocycles. The van der Waals surface area contributed by atoms with E-state index >= 15 is 0 Å². The molecular formula is C10H6BrN5OS. The van der Waals surface area contributed by atoms with Crippen molar-refractivity contribution in [1.29, 1.82) is 0 Å². The molecule has 3 aromatic rings. The fraction of sp³-hybridized carbons (Fsp3) is 0. The molecular weight excluding hydrogens is 318 g/mol. The summed E-state index contributed by atoms with van der Waals surface area (Å²) in [7, 11) is 0. The largest absolute Gasteiger partial charge is 0.348 e. The van der Waals surface area contributed by atoms with Crippen LogP contribution in [-0.4, -0.2) is 24.6 Å². The van der Waals surface area contributed by atoms with E-state index in [4.69, 9.17) is 12.2 Å². The van der Waals surface area contributed by atoms with Gasteiger partial charge in [0.15, 0.2) is 5.65 Å². The van der Waals surface area contributed by atoms with Crippen molar-refractivity contribution in [2.24, 2.45) is 0 Å². The molecule has 8 heteroatoms. The Hall–Kier alpha value is -1.80. The van der Waals surface area contributed by atoms with E-state index in [9.17, 15) is 4.79 Å².